The van der Waals surface area contributed by atoms with Gasteiger partial charge in [-0.05, 0) is 115 Å². The molecule has 0 aromatic carbocycles. The first-order valence-electron chi connectivity index (χ1n) is 10.9. The maximum Gasteiger partial charge on any atom is -0.0168 e. The summed E-state index contributed by atoms with van der Waals surface area (Å²) in [5, 5.41) is 0. The average molecular weight is 309 g/mol. The average Bonchev–Trinajstić information content (AvgIpc) is 3.34. The van der Waals surface area contributed by atoms with Crippen LogP contribution in [-0.2, 0) is 0 Å². The van der Waals surface area contributed by atoms with E-state index in [1.807, 2.05) is 0 Å². The van der Waals surface area contributed by atoms with Crippen molar-refractivity contribution < 1.29 is 0 Å². The van der Waals surface area contributed by atoms with E-state index in [2.05, 4.69) is 26.0 Å². The monoisotopic (exact) mass is 308 g/mol. The molecule has 13 atom stereocenters. The van der Waals surface area contributed by atoms with E-state index in [0.717, 1.165) is 47.3 Å². The second kappa shape index (κ2) is 3.94. The lowest BCUT2D eigenvalue weighted by atomic mass is 9.55. The maximum absolute atomic E-state index is 2.66. The standard InChI is InChI=1S/C23H32/c1-10(2)14-6-11-7-15(14)21-19-9-18(20(11)21)22-16-8-17(23(19)22)13-5-3-4-12(13)16/h3-4,10-23H,5-9H2,1-2H3. The van der Waals surface area contributed by atoms with Crippen LogP contribution >= 0.6 is 0 Å². The summed E-state index contributed by atoms with van der Waals surface area (Å²) in [5.41, 5.74) is 0. The molecule has 0 spiro atoms. The van der Waals surface area contributed by atoms with Gasteiger partial charge in [0.05, 0.1) is 0 Å². The fraction of sp³-hybridized carbons (Fsp3) is 0.913. The van der Waals surface area contributed by atoms with Crippen molar-refractivity contribution in [3.8, 4) is 0 Å². The Balaban J connectivity index is 1.27. The van der Waals surface area contributed by atoms with Crippen LogP contribution in [0.3, 0.4) is 0 Å². The van der Waals surface area contributed by atoms with E-state index >= 15 is 0 Å². The van der Waals surface area contributed by atoms with Crippen LogP contribution in [-0.4, -0.2) is 0 Å². The number of hydrogen-bond acceptors (Lipinski definition) is 0. The topological polar surface area (TPSA) is 0 Å². The van der Waals surface area contributed by atoms with Crippen LogP contribution < -0.4 is 0 Å². The van der Waals surface area contributed by atoms with Crippen LogP contribution in [0.15, 0.2) is 12.2 Å². The molecule has 6 fully saturated rings. The zero-order valence-electron chi connectivity index (χ0n) is 14.8. The van der Waals surface area contributed by atoms with E-state index in [1.165, 1.54) is 41.9 Å². The lowest BCUT2D eigenvalue weighted by Crippen LogP contribution is -2.45. The lowest BCUT2D eigenvalue weighted by Gasteiger charge is -2.49. The smallest absolute Gasteiger partial charge is 0.0168 e. The second-order valence-corrected chi connectivity index (χ2v) is 11.1. The third kappa shape index (κ3) is 1.27. The van der Waals surface area contributed by atoms with Crippen molar-refractivity contribution in [3.63, 3.8) is 0 Å². The summed E-state index contributed by atoms with van der Waals surface area (Å²) in [4.78, 5) is 0. The van der Waals surface area contributed by atoms with Crippen LogP contribution in [0, 0.1) is 82.9 Å². The summed E-state index contributed by atoms with van der Waals surface area (Å²) in [5.74, 6) is 15.9. The molecule has 6 saturated carbocycles. The molecule has 0 nitrogen and oxygen atoms in total. The van der Waals surface area contributed by atoms with E-state index in [4.69, 9.17) is 0 Å². The van der Waals surface area contributed by atoms with Crippen molar-refractivity contribution >= 4 is 0 Å². The summed E-state index contributed by atoms with van der Waals surface area (Å²) in [7, 11) is 0. The van der Waals surface area contributed by atoms with E-state index in [1.54, 1.807) is 25.7 Å². The van der Waals surface area contributed by atoms with Crippen LogP contribution in [0.2, 0.25) is 0 Å². The van der Waals surface area contributed by atoms with Gasteiger partial charge < -0.3 is 0 Å². The van der Waals surface area contributed by atoms with Crippen LogP contribution in [0.4, 0.5) is 0 Å². The Morgan fingerprint density at radius 2 is 1.43 bits per heavy atom. The third-order valence-electron chi connectivity index (χ3n) is 10.8. The largest absolute Gasteiger partial charge is 0.0879 e. The lowest BCUT2D eigenvalue weighted by molar-refractivity contribution is -0.0199. The zero-order chi connectivity index (χ0) is 15.0. The predicted molar refractivity (Wildman–Crippen MR) is 92.4 cm³/mol. The first-order valence-corrected chi connectivity index (χ1v) is 10.9. The van der Waals surface area contributed by atoms with Crippen LogP contribution in [0.1, 0.15) is 46.0 Å². The van der Waals surface area contributed by atoms with Gasteiger partial charge in [0.15, 0.2) is 0 Å². The van der Waals surface area contributed by atoms with E-state index < -0.39 is 0 Å². The quantitative estimate of drug-likeness (QED) is 0.458. The zero-order valence-corrected chi connectivity index (χ0v) is 14.8. The van der Waals surface area contributed by atoms with Gasteiger partial charge >= 0.3 is 0 Å². The van der Waals surface area contributed by atoms with Crippen LogP contribution in [0.25, 0.3) is 0 Å². The van der Waals surface area contributed by atoms with Gasteiger partial charge in [-0.1, -0.05) is 26.0 Å². The van der Waals surface area contributed by atoms with Gasteiger partial charge in [0.2, 0.25) is 0 Å². The van der Waals surface area contributed by atoms with Gasteiger partial charge in [0.25, 0.3) is 0 Å². The molecule has 0 aromatic rings. The molecule has 0 aromatic heterocycles. The van der Waals surface area contributed by atoms with Crippen molar-refractivity contribution in [2.45, 2.75) is 46.0 Å². The van der Waals surface area contributed by atoms with E-state index in [9.17, 15) is 0 Å². The number of rotatable bonds is 1. The molecule has 7 aliphatic rings. The Morgan fingerprint density at radius 1 is 0.696 bits per heavy atom. The first-order chi connectivity index (χ1) is 11.2. The van der Waals surface area contributed by atoms with Gasteiger partial charge in [0, 0.05) is 0 Å². The summed E-state index contributed by atoms with van der Waals surface area (Å²) in [6.07, 6.45) is 13.2. The third-order valence-corrected chi connectivity index (χ3v) is 10.8. The Morgan fingerprint density at radius 3 is 2.30 bits per heavy atom. The van der Waals surface area contributed by atoms with Gasteiger partial charge in [-0.2, -0.15) is 0 Å². The molecule has 0 aliphatic heterocycles. The Kier molecular flexibility index (Phi) is 2.23. The molecule has 7 rings (SSSR count). The molecule has 23 heavy (non-hydrogen) atoms. The molecule has 124 valence electrons. The fourth-order valence-electron chi connectivity index (χ4n) is 10.9. The predicted octanol–water partition coefficient (Wildman–Crippen LogP) is 5.25. The highest BCUT2D eigenvalue weighted by Gasteiger charge is 2.73. The molecule has 0 heterocycles. The highest BCUT2D eigenvalue weighted by atomic mass is 14.8. The maximum atomic E-state index is 2.66. The summed E-state index contributed by atoms with van der Waals surface area (Å²) in [6.45, 7) is 5.03. The fourth-order valence-corrected chi connectivity index (χ4v) is 10.9. The minimum absolute atomic E-state index is 0.948. The van der Waals surface area contributed by atoms with Crippen molar-refractivity contribution in [2.24, 2.45) is 82.9 Å². The SMILES string of the molecule is CC(C)C1CC2CC1C1C3CC(C21)C1C2CC(C4CC=CC42)C31. The molecule has 0 saturated heterocycles. The molecular weight excluding hydrogens is 276 g/mol. The minimum Gasteiger partial charge on any atom is -0.0879 e. The van der Waals surface area contributed by atoms with Crippen molar-refractivity contribution in [2.75, 3.05) is 0 Å². The molecule has 7 aliphatic carbocycles. The van der Waals surface area contributed by atoms with E-state index in [-0.39, 0.29) is 0 Å². The van der Waals surface area contributed by atoms with E-state index in [0.29, 0.717) is 0 Å². The minimum atomic E-state index is 0.948. The molecular formula is C23H32. The summed E-state index contributed by atoms with van der Waals surface area (Å²) in [6, 6.07) is 0. The highest BCUT2D eigenvalue weighted by Crippen LogP contribution is 2.79. The van der Waals surface area contributed by atoms with Gasteiger partial charge in [-0.25, -0.2) is 0 Å². The van der Waals surface area contributed by atoms with Crippen molar-refractivity contribution in [1.29, 1.82) is 0 Å². The molecule has 0 heteroatoms. The molecule has 0 N–H and O–H groups in total. The second-order valence-electron chi connectivity index (χ2n) is 11.1. The normalized spacial score (nSPS) is 69.1. The van der Waals surface area contributed by atoms with Gasteiger partial charge in [0.1, 0.15) is 0 Å². The molecule has 13 unspecified atom stereocenters. The number of allylic oxidation sites excluding steroid dienone is 2. The molecule has 6 bridgehead atoms. The molecule has 0 amide bonds. The van der Waals surface area contributed by atoms with Crippen molar-refractivity contribution in [1.82, 2.24) is 0 Å². The van der Waals surface area contributed by atoms with Crippen molar-refractivity contribution in [3.05, 3.63) is 12.2 Å². The number of hydrogen-bond donors (Lipinski definition) is 0. The summed E-state index contributed by atoms with van der Waals surface area (Å²) >= 11 is 0. The van der Waals surface area contributed by atoms with Gasteiger partial charge in [-0.15, -0.1) is 0 Å². The summed E-state index contributed by atoms with van der Waals surface area (Å²) < 4.78 is 0. The highest BCUT2D eigenvalue weighted by molar-refractivity contribution is 5.24. The Hall–Kier alpha value is -0.260. The Bertz CT molecular complexity index is 581. The van der Waals surface area contributed by atoms with Crippen LogP contribution in [0.5, 0.6) is 0 Å². The number of fused-ring (bicyclic) bond motifs is 19. The van der Waals surface area contributed by atoms with Gasteiger partial charge in [-0.3, -0.25) is 0 Å². The first kappa shape index (κ1) is 13.0. The Labute approximate surface area is 141 Å². The molecule has 0 radical (unpaired) electrons.